The Bertz CT molecular complexity index is 657. The fourth-order valence-corrected chi connectivity index (χ4v) is 1.53. The Kier molecular flexibility index (Phi) is 3.14. The molecule has 3 nitrogen and oxygen atoms in total. The zero-order valence-electron chi connectivity index (χ0n) is 10.3. The fourth-order valence-electron chi connectivity index (χ4n) is 1.53. The van der Waals surface area contributed by atoms with Crippen LogP contribution in [0.3, 0.4) is 0 Å². The van der Waals surface area contributed by atoms with Crippen LogP contribution in [0.4, 0.5) is 0 Å². The van der Waals surface area contributed by atoms with Crippen LogP contribution in [0.15, 0.2) is 30.3 Å². The second kappa shape index (κ2) is 4.59. The summed E-state index contributed by atoms with van der Waals surface area (Å²) in [5.74, 6) is 5.42. The van der Waals surface area contributed by atoms with E-state index < -0.39 is 5.60 Å². The van der Waals surface area contributed by atoms with Crippen LogP contribution in [-0.4, -0.2) is 22.0 Å². The Labute approximate surface area is 105 Å². The summed E-state index contributed by atoms with van der Waals surface area (Å²) in [5, 5.41) is 10.5. The van der Waals surface area contributed by atoms with E-state index in [1.807, 2.05) is 24.3 Å². The van der Waals surface area contributed by atoms with E-state index in [2.05, 4.69) is 16.8 Å². The van der Waals surface area contributed by atoms with E-state index in [1.54, 1.807) is 19.9 Å². The predicted molar refractivity (Wildman–Crippen MR) is 70.3 cm³/mol. The molecule has 2 rings (SSSR count). The monoisotopic (exact) mass is 239 g/mol. The summed E-state index contributed by atoms with van der Waals surface area (Å²) in [6, 6.07) is 9.27. The highest BCUT2D eigenvalue weighted by molar-refractivity contribution is 5.88. The van der Waals surface area contributed by atoms with Gasteiger partial charge < -0.3 is 5.11 Å². The summed E-state index contributed by atoms with van der Waals surface area (Å²) in [4.78, 5) is 15.4. The number of carbonyl (C=O) groups is 1. The molecule has 0 amide bonds. The van der Waals surface area contributed by atoms with Crippen molar-refractivity contribution in [3.8, 4) is 11.8 Å². The molecule has 0 aliphatic heterocycles. The minimum atomic E-state index is -1.10. The normalized spacial score (nSPS) is 10.8. The third-order valence-electron chi connectivity index (χ3n) is 2.37. The SMILES string of the molecule is CC(C)(O)C#Cc1nc2ccccc2cc1C=O. The van der Waals surface area contributed by atoms with Crippen LogP contribution < -0.4 is 0 Å². The molecule has 0 bridgehead atoms. The molecular formula is C15H13NO2. The maximum absolute atomic E-state index is 11.0. The highest BCUT2D eigenvalue weighted by Gasteiger charge is 2.08. The molecule has 1 heterocycles. The highest BCUT2D eigenvalue weighted by atomic mass is 16.3. The van der Waals surface area contributed by atoms with Gasteiger partial charge in [-0.05, 0) is 31.9 Å². The zero-order chi connectivity index (χ0) is 13.2. The van der Waals surface area contributed by atoms with Gasteiger partial charge in [-0.15, -0.1) is 0 Å². The minimum Gasteiger partial charge on any atom is -0.378 e. The minimum absolute atomic E-state index is 0.394. The van der Waals surface area contributed by atoms with Gasteiger partial charge in [0.05, 0.1) is 5.52 Å². The standard InChI is InChI=1S/C15H13NO2/c1-15(2,18)8-7-14-12(10-17)9-11-5-3-4-6-13(11)16-14/h3-6,9-10,18H,1-2H3. The Morgan fingerprint density at radius 3 is 2.72 bits per heavy atom. The molecule has 0 saturated carbocycles. The number of nitrogens with zero attached hydrogens (tertiary/aromatic N) is 1. The van der Waals surface area contributed by atoms with Gasteiger partial charge in [-0.25, -0.2) is 4.98 Å². The largest absolute Gasteiger partial charge is 0.378 e. The van der Waals surface area contributed by atoms with E-state index in [1.165, 1.54) is 0 Å². The number of para-hydroxylation sites is 1. The summed E-state index contributed by atoms with van der Waals surface area (Å²) in [5.41, 5.74) is 0.507. The molecule has 0 saturated heterocycles. The first-order valence-electron chi connectivity index (χ1n) is 5.60. The van der Waals surface area contributed by atoms with Crippen LogP contribution in [0.2, 0.25) is 0 Å². The lowest BCUT2D eigenvalue weighted by Crippen LogP contribution is -2.14. The number of aromatic nitrogens is 1. The van der Waals surface area contributed by atoms with Gasteiger partial charge in [0.1, 0.15) is 11.3 Å². The van der Waals surface area contributed by atoms with Crippen molar-refractivity contribution in [2.24, 2.45) is 0 Å². The van der Waals surface area contributed by atoms with Crippen molar-refractivity contribution < 1.29 is 9.90 Å². The number of aliphatic hydroxyl groups is 1. The quantitative estimate of drug-likeness (QED) is 0.613. The first-order valence-corrected chi connectivity index (χ1v) is 5.60. The molecule has 0 unspecified atom stereocenters. The highest BCUT2D eigenvalue weighted by Crippen LogP contribution is 2.15. The molecule has 1 aromatic heterocycles. The maximum Gasteiger partial charge on any atom is 0.152 e. The van der Waals surface area contributed by atoms with Crippen LogP contribution in [0.5, 0.6) is 0 Å². The van der Waals surface area contributed by atoms with Gasteiger partial charge in [-0.3, -0.25) is 4.79 Å². The van der Waals surface area contributed by atoms with Gasteiger partial charge in [0.15, 0.2) is 6.29 Å². The number of hydrogen-bond acceptors (Lipinski definition) is 3. The van der Waals surface area contributed by atoms with Crippen LogP contribution >= 0.6 is 0 Å². The van der Waals surface area contributed by atoms with Gasteiger partial charge >= 0.3 is 0 Å². The number of carbonyl (C=O) groups excluding carboxylic acids is 1. The summed E-state index contributed by atoms with van der Waals surface area (Å²) in [6.45, 7) is 3.17. The molecule has 1 N–H and O–H groups in total. The van der Waals surface area contributed by atoms with Crippen molar-refractivity contribution in [2.75, 3.05) is 0 Å². The van der Waals surface area contributed by atoms with Gasteiger partial charge in [-0.2, -0.15) is 0 Å². The lowest BCUT2D eigenvalue weighted by atomic mass is 10.1. The Morgan fingerprint density at radius 2 is 2.06 bits per heavy atom. The van der Waals surface area contributed by atoms with E-state index >= 15 is 0 Å². The van der Waals surface area contributed by atoms with E-state index in [9.17, 15) is 9.90 Å². The van der Waals surface area contributed by atoms with E-state index in [0.29, 0.717) is 11.3 Å². The van der Waals surface area contributed by atoms with Crippen molar-refractivity contribution in [3.63, 3.8) is 0 Å². The molecule has 0 fully saturated rings. The van der Waals surface area contributed by atoms with E-state index in [-0.39, 0.29) is 0 Å². The first kappa shape index (κ1) is 12.3. The van der Waals surface area contributed by atoms with Gasteiger partial charge in [0, 0.05) is 10.9 Å². The Balaban J connectivity index is 2.61. The van der Waals surface area contributed by atoms with Gasteiger partial charge in [-0.1, -0.05) is 24.1 Å². The maximum atomic E-state index is 11.0. The molecule has 1 aromatic carbocycles. The molecule has 0 aliphatic rings. The average Bonchev–Trinajstić information content (AvgIpc) is 2.34. The van der Waals surface area contributed by atoms with Crippen molar-refractivity contribution >= 4 is 17.2 Å². The van der Waals surface area contributed by atoms with Crippen LogP contribution in [0.1, 0.15) is 29.9 Å². The van der Waals surface area contributed by atoms with Crippen LogP contribution in [-0.2, 0) is 0 Å². The molecule has 3 heteroatoms. The summed E-state index contributed by atoms with van der Waals surface area (Å²) in [6.07, 6.45) is 0.730. The third-order valence-corrected chi connectivity index (χ3v) is 2.37. The van der Waals surface area contributed by atoms with Crippen LogP contribution in [0, 0.1) is 11.8 Å². The molecule has 18 heavy (non-hydrogen) atoms. The second-order valence-electron chi connectivity index (χ2n) is 4.55. The smallest absolute Gasteiger partial charge is 0.152 e. The van der Waals surface area contributed by atoms with Crippen molar-refractivity contribution in [1.82, 2.24) is 4.98 Å². The number of fused-ring (bicyclic) bond motifs is 1. The van der Waals surface area contributed by atoms with Gasteiger partial charge in [0.2, 0.25) is 0 Å². The molecule has 0 radical (unpaired) electrons. The van der Waals surface area contributed by atoms with E-state index in [0.717, 1.165) is 17.2 Å². The number of pyridine rings is 1. The lowest BCUT2D eigenvalue weighted by Gasteiger charge is -2.06. The summed E-state index contributed by atoms with van der Waals surface area (Å²) >= 11 is 0. The third kappa shape index (κ3) is 2.73. The summed E-state index contributed by atoms with van der Waals surface area (Å²) < 4.78 is 0. The predicted octanol–water partition coefficient (Wildman–Crippen LogP) is 2.17. The molecule has 90 valence electrons. The molecular weight excluding hydrogens is 226 g/mol. The van der Waals surface area contributed by atoms with Crippen LogP contribution in [0.25, 0.3) is 10.9 Å². The second-order valence-corrected chi connectivity index (χ2v) is 4.55. The lowest BCUT2D eigenvalue weighted by molar-refractivity contribution is 0.112. The Morgan fingerprint density at radius 1 is 1.33 bits per heavy atom. The fraction of sp³-hybridized carbons (Fsp3) is 0.200. The summed E-state index contributed by atoms with van der Waals surface area (Å²) in [7, 11) is 0. The number of aldehydes is 1. The number of rotatable bonds is 1. The average molecular weight is 239 g/mol. The molecule has 2 aromatic rings. The zero-order valence-corrected chi connectivity index (χ0v) is 10.3. The Hall–Kier alpha value is -2.18. The molecule has 0 spiro atoms. The van der Waals surface area contributed by atoms with E-state index in [4.69, 9.17) is 0 Å². The van der Waals surface area contributed by atoms with Crippen molar-refractivity contribution in [3.05, 3.63) is 41.6 Å². The molecule has 0 aliphatic carbocycles. The number of benzene rings is 1. The topological polar surface area (TPSA) is 50.2 Å². The first-order chi connectivity index (χ1) is 8.49. The number of hydrogen-bond donors (Lipinski definition) is 1. The molecule has 0 atom stereocenters. The van der Waals surface area contributed by atoms with Gasteiger partial charge in [0.25, 0.3) is 0 Å². The van der Waals surface area contributed by atoms with Crippen molar-refractivity contribution in [1.29, 1.82) is 0 Å². The van der Waals surface area contributed by atoms with Crippen molar-refractivity contribution in [2.45, 2.75) is 19.4 Å².